The summed E-state index contributed by atoms with van der Waals surface area (Å²) in [5.41, 5.74) is 3.98. The number of fused-ring (bicyclic) bond motifs is 1. The SMILES string of the molecule is CCN(c1ccc(C(=O)NCCCn2cnc3ccccc32)cc1)C(C)C. The third kappa shape index (κ3) is 4.48. The van der Waals surface area contributed by atoms with Crippen LogP contribution < -0.4 is 10.2 Å². The molecule has 27 heavy (non-hydrogen) atoms. The first-order valence-electron chi connectivity index (χ1n) is 9.65. The Morgan fingerprint density at radius 3 is 2.59 bits per heavy atom. The van der Waals surface area contributed by atoms with Crippen LogP contribution in [0.1, 0.15) is 37.6 Å². The first-order chi connectivity index (χ1) is 13.1. The van der Waals surface area contributed by atoms with Gasteiger partial charge in [-0.1, -0.05) is 12.1 Å². The second kappa shape index (κ2) is 8.71. The van der Waals surface area contributed by atoms with Gasteiger partial charge in [-0.15, -0.1) is 0 Å². The zero-order valence-corrected chi connectivity index (χ0v) is 16.4. The van der Waals surface area contributed by atoms with Crippen LogP contribution in [0.4, 0.5) is 5.69 Å². The molecule has 0 radical (unpaired) electrons. The topological polar surface area (TPSA) is 50.2 Å². The highest BCUT2D eigenvalue weighted by molar-refractivity contribution is 5.94. The minimum atomic E-state index is -0.0235. The standard InChI is InChI=1S/C22H28N4O/c1-4-26(17(2)3)19-12-10-18(11-13-19)22(27)23-14-7-15-25-16-24-20-8-5-6-9-21(20)25/h5-6,8-13,16-17H,4,7,14-15H2,1-3H3,(H,23,27). The van der Waals surface area contributed by atoms with Crippen molar-refractivity contribution in [2.45, 2.75) is 39.8 Å². The van der Waals surface area contributed by atoms with Crippen molar-refractivity contribution in [1.29, 1.82) is 0 Å². The smallest absolute Gasteiger partial charge is 0.251 e. The number of benzene rings is 2. The molecule has 0 saturated heterocycles. The third-order valence-electron chi connectivity index (χ3n) is 4.81. The van der Waals surface area contributed by atoms with Crippen LogP contribution in [0.5, 0.6) is 0 Å². The van der Waals surface area contributed by atoms with Gasteiger partial charge in [-0.05, 0) is 63.6 Å². The van der Waals surface area contributed by atoms with Gasteiger partial charge in [0, 0.05) is 36.9 Å². The maximum absolute atomic E-state index is 12.4. The van der Waals surface area contributed by atoms with E-state index in [0.29, 0.717) is 18.2 Å². The predicted octanol–water partition coefficient (Wildman–Crippen LogP) is 4.09. The van der Waals surface area contributed by atoms with Crippen LogP contribution in [0.3, 0.4) is 0 Å². The van der Waals surface area contributed by atoms with E-state index in [2.05, 4.69) is 46.6 Å². The van der Waals surface area contributed by atoms with E-state index in [1.165, 1.54) is 0 Å². The van der Waals surface area contributed by atoms with Gasteiger partial charge in [-0.25, -0.2) is 4.98 Å². The van der Waals surface area contributed by atoms with Gasteiger partial charge in [0.1, 0.15) is 0 Å². The lowest BCUT2D eigenvalue weighted by atomic mass is 10.1. The quantitative estimate of drug-likeness (QED) is 0.613. The molecule has 1 heterocycles. The highest BCUT2D eigenvalue weighted by Gasteiger charge is 2.10. The molecule has 0 bridgehead atoms. The Morgan fingerprint density at radius 2 is 1.89 bits per heavy atom. The van der Waals surface area contributed by atoms with Crippen LogP contribution in [0.2, 0.25) is 0 Å². The van der Waals surface area contributed by atoms with Gasteiger partial charge < -0.3 is 14.8 Å². The first kappa shape index (κ1) is 19.0. The van der Waals surface area contributed by atoms with E-state index in [9.17, 15) is 4.79 Å². The van der Waals surface area contributed by atoms with E-state index >= 15 is 0 Å². The van der Waals surface area contributed by atoms with Crippen molar-refractivity contribution in [1.82, 2.24) is 14.9 Å². The van der Waals surface area contributed by atoms with Gasteiger partial charge >= 0.3 is 0 Å². The molecule has 3 rings (SSSR count). The van der Waals surface area contributed by atoms with Crippen molar-refractivity contribution in [3.8, 4) is 0 Å². The molecule has 2 aromatic carbocycles. The lowest BCUT2D eigenvalue weighted by molar-refractivity contribution is 0.0953. The fraction of sp³-hybridized carbons (Fsp3) is 0.364. The second-order valence-corrected chi connectivity index (χ2v) is 6.96. The van der Waals surface area contributed by atoms with E-state index in [1.54, 1.807) is 0 Å². The number of aryl methyl sites for hydroxylation is 1. The Hall–Kier alpha value is -2.82. The van der Waals surface area contributed by atoms with Crippen LogP contribution in [-0.2, 0) is 6.54 Å². The molecular weight excluding hydrogens is 336 g/mol. The number of nitrogens with zero attached hydrogens (tertiary/aromatic N) is 3. The van der Waals surface area contributed by atoms with Crippen molar-refractivity contribution in [3.63, 3.8) is 0 Å². The highest BCUT2D eigenvalue weighted by Crippen LogP contribution is 2.17. The summed E-state index contributed by atoms with van der Waals surface area (Å²) in [6, 6.07) is 16.4. The van der Waals surface area contributed by atoms with E-state index in [0.717, 1.165) is 36.2 Å². The van der Waals surface area contributed by atoms with Crippen LogP contribution >= 0.6 is 0 Å². The summed E-state index contributed by atoms with van der Waals surface area (Å²) < 4.78 is 2.13. The fourth-order valence-electron chi connectivity index (χ4n) is 3.39. The molecule has 5 heteroatoms. The Labute approximate surface area is 161 Å². The molecule has 0 aliphatic heterocycles. The van der Waals surface area contributed by atoms with E-state index in [4.69, 9.17) is 0 Å². The summed E-state index contributed by atoms with van der Waals surface area (Å²) in [5.74, 6) is -0.0235. The number of carbonyl (C=O) groups is 1. The Kier molecular flexibility index (Phi) is 6.12. The number of para-hydroxylation sites is 2. The van der Waals surface area contributed by atoms with Gasteiger partial charge in [0.15, 0.2) is 0 Å². The second-order valence-electron chi connectivity index (χ2n) is 6.96. The number of aromatic nitrogens is 2. The van der Waals surface area contributed by atoms with Crippen LogP contribution in [0.25, 0.3) is 11.0 Å². The van der Waals surface area contributed by atoms with Crippen molar-refractivity contribution >= 4 is 22.6 Å². The van der Waals surface area contributed by atoms with Gasteiger partial charge in [0.2, 0.25) is 0 Å². The van der Waals surface area contributed by atoms with Crippen LogP contribution in [-0.4, -0.2) is 34.6 Å². The molecule has 0 spiro atoms. The van der Waals surface area contributed by atoms with Crippen molar-refractivity contribution in [2.75, 3.05) is 18.0 Å². The van der Waals surface area contributed by atoms with Crippen molar-refractivity contribution in [3.05, 3.63) is 60.4 Å². The summed E-state index contributed by atoms with van der Waals surface area (Å²) in [6.07, 6.45) is 2.72. The number of hydrogen-bond acceptors (Lipinski definition) is 3. The van der Waals surface area contributed by atoms with Crippen molar-refractivity contribution < 1.29 is 4.79 Å². The van der Waals surface area contributed by atoms with E-state index < -0.39 is 0 Å². The molecule has 142 valence electrons. The summed E-state index contributed by atoms with van der Waals surface area (Å²) in [5, 5.41) is 3.01. The summed E-state index contributed by atoms with van der Waals surface area (Å²) in [7, 11) is 0. The molecule has 0 saturated carbocycles. The molecule has 0 unspecified atom stereocenters. The minimum Gasteiger partial charge on any atom is -0.369 e. The maximum atomic E-state index is 12.4. The molecule has 0 aliphatic carbocycles. The summed E-state index contributed by atoms with van der Waals surface area (Å²) in [6.45, 7) is 8.91. The molecule has 1 amide bonds. The third-order valence-corrected chi connectivity index (χ3v) is 4.81. The van der Waals surface area contributed by atoms with Crippen LogP contribution in [0, 0.1) is 0 Å². The predicted molar refractivity (Wildman–Crippen MR) is 111 cm³/mol. The number of amides is 1. The van der Waals surface area contributed by atoms with Gasteiger partial charge in [-0.2, -0.15) is 0 Å². The largest absolute Gasteiger partial charge is 0.369 e. The number of hydrogen-bond donors (Lipinski definition) is 1. The zero-order chi connectivity index (χ0) is 19.2. The maximum Gasteiger partial charge on any atom is 0.251 e. The number of carbonyl (C=O) groups excluding carboxylic acids is 1. The van der Waals surface area contributed by atoms with Gasteiger partial charge in [0.25, 0.3) is 5.91 Å². The highest BCUT2D eigenvalue weighted by atomic mass is 16.1. The molecule has 1 N–H and O–H groups in total. The summed E-state index contributed by atoms with van der Waals surface area (Å²) in [4.78, 5) is 19.1. The lowest BCUT2D eigenvalue weighted by Crippen LogP contribution is -2.30. The zero-order valence-electron chi connectivity index (χ0n) is 16.4. The molecule has 1 aromatic heterocycles. The molecular formula is C22H28N4O. The number of nitrogens with one attached hydrogen (secondary N) is 1. The lowest BCUT2D eigenvalue weighted by Gasteiger charge is -2.27. The van der Waals surface area contributed by atoms with Gasteiger partial charge in [0.05, 0.1) is 17.4 Å². The normalized spacial score (nSPS) is 11.1. The van der Waals surface area contributed by atoms with E-state index in [-0.39, 0.29) is 5.91 Å². The molecule has 0 aliphatic rings. The fourth-order valence-corrected chi connectivity index (χ4v) is 3.39. The molecule has 0 atom stereocenters. The van der Waals surface area contributed by atoms with E-state index in [1.807, 2.05) is 48.8 Å². The molecule has 5 nitrogen and oxygen atoms in total. The molecule has 3 aromatic rings. The number of anilines is 1. The van der Waals surface area contributed by atoms with Gasteiger partial charge in [-0.3, -0.25) is 4.79 Å². The summed E-state index contributed by atoms with van der Waals surface area (Å²) >= 11 is 0. The van der Waals surface area contributed by atoms with Crippen molar-refractivity contribution in [2.24, 2.45) is 0 Å². The average Bonchev–Trinajstić information content (AvgIpc) is 3.09. The Balaban J connectivity index is 1.50. The van der Waals surface area contributed by atoms with Crippen LogP contribution in [0.15, 0.2) is 54.9 Å². The monoisotopic (exact) mass is 364 g/mol. The Morgan fingerprint density at radius 1 is 1.15 bits per heavy atom. The number of imidazole rings is 1. The minimum absolute atomic E-state index is 0.0235. The Bertz CT molecular complexity index is 883. The number of rotatable bonds is 8. The first-order valence-corrected chi connectivity index (χ1v) is 9.65. The molecule has 0 fully saturated rings. The average molecular weight is 364 g/mol.